The predicted octanol–water partition coefficient (Wildman–Crippen LogP) is 3.11. The molecule has 3 rings (SSSR count). The molecule has 1 unspecified atom stereocenters. The van der Waals surface area contributed by atoms with Gasteiger partial charge in [-0.25, -0.2) is 0 Å². The Balaban J connectivity index is 1.88. The van der Waals surface area contributed by atoms with Gasteiger partial charge in [0.25, 0.3) is 0 Å². The molecular weight excluding hydrogens is 220 g/mol. The van der Waals surface area contributed by atoms with E-state index in [0.717, 1.165) is 6.54 Å². The van der Waals surface area contributed by atoms with E-state index >= 15 is 0 Å². The number of aryl methyl sites for hydroxylation is 1. The fraction of sp³-hybridized carbons (Fsp3) is 0.625. The van der Waals surface area contributed by atoms with Gasteiger partial charge in [0.05, 0.1) is 0 Å². The van der Waals surface area contributed by atoms with E-state index in [-0.39, 0.29) is 0 Å². The largest absolute Gasteiger partial charge is 0.365 e. The highest BCUT2D eigenvalue weighted by Gasteiger charge is 2.40. The van der Waals surface area contributed by atoms with E-state index < -0.39 is 0 Å². The molecular formula is C16H24N2. The van der Waals surface area contributed by atoms with Gasteiger partial charge in [-0.1, -0.05) is 31.0 Å². The number of rotatable bonds is 1. The average molecular weight is 244 g/mol. The van der Waals surface area contributed by atoms with E-state index in [0.29, 0.717) is 11.6 Å². The van der Waals surface area contributed by atoms with Gasteiger partial charge in [0.2, 0.25) is 0 Å². The lowest BCUT2D eigenvalue weighted by Gasteiger charge is -2.47. The van der Waals surface area contributed by atoms with Crippen molar-refractivity contribution in [3.05, 3.63) is 29.8 Å². The second-order valence-electron chi connectivity index (χ2n) is 6.13. The first kappa shape index (κ1) is 12.0. The number of nitrogens with one attached hydrogen (secondary N) is 1. The lowest BCUT2D eigenvalue weighted by molar-refractivity contribution is 0.276. The Morgan fingerprint density at radius 2 is 1.94 bits per heavy atom. The van der Waals surface area contributed by atoms with Gasteiger partial charge < -0.3 is 10.2 Å². The molecule has 0 bridgehead atoms. The van der Waals surface area contributed by atoms with Crippen LogP contribution in [0, 0.1) is 6.92 Å². The number of anilines is 1. The van der Waals surface area contributed by atoms with E-state index in [1.807, 2.05) is 0 Å². The van der Waals surface area contributed by atoms with Crippen molar-refractivity contribution in [2.24, 2.45) is 0 Å². The van der Waals surface area contributed by atoms with Crippen molar-refractivity contribution in [1.82, 2.24) is 5.32 Å². The summed E-state index contributed by atoms with van der Waals surface area (Å²) in [4.78, 5) is 2.62. The van der Waals surface area contributed by atoms with Gasteiger partial charge in [-0.05, 0) is 38.3 Å². The van der Waals surface area contributed by atoms with Crippen molar-refractivity contribution in [1.29, 1.82) is 0 Å². The number of piperazine rings is 1. The summed E-state index contributed by atoms with van der Waals surface area (Å²) < 4.78 is 0. The van der Waals surface area contributed by atoms with Crippen LogP contribution in [0.5, 0.6) is 0 Å². The quantitative estimate of drug-likeness (QED) is 0.816. The maximum Gasteiger partial charge on any atom is 0.0399 e. The summed E-state index contributed by atoms with van der Waals surface area (Å²) in [5.41, 5.74) is 3.23. The molecule has 2 nitrogen and oxygen atoms in total. The van der Waals surface area contributed by atoms with Crippen LogP contribution in [0.3, 0.4) is 0 Å². The van der Waals surface area contributed by atoms with Crippen LogP contribution in [0.4, 0.5) is 5.69 Å². The minimum atomic E-state index is 0.398. The van der Waals surface area contributed by atoms with Crippen LogP contribution >= 0.6 is 0 Å². The first-order valence-electron chi connectivity index (χ1n) is 7.28. The normalized spacial score (nSPS) is 26.8. The van der Waals surface area contributed by atoms with E-state index in [2.05, 4.69) is 48.3 Å². The smallest absolute Gasteiger partial charge is 0.0399 e. The molecule has 0 aromatic heterocycles. The SMILES string of the molecule is Cc1ccccc1N1CC2(CCCC2)NCC1C. The van der Waals surface area contributed by atoms with Crippen LogP contribution in [0.2, 0.25) is 0 Å². The second-order valence-corrected chi connectivity index (χ2v) is 6.13. The minimum Gasteiger partial charge on any atom is -0.365 e. The third kappa shape index (κ3) is 2.03. The molecule has 1 atom stereocenters. The van der Waals surface area contributed by atoms with Crippen LogP contribution in [0.25, 0.3) is 0 Å². The summed E-state index contributed by atoms with van der Waals surface area (Å²) in [7, 11) is 0. The third-order valence-electron chi connectivity index (χ3n) is 4.76. The lowest BCUT2D eigenvalue weighted by Crippen LogP contribution is -2.62. The van der Waals surface area contributed by atoms with E-state index in [4.69, 9.17) is 0 Å². The zero-order valence-corrected chi connectivity index (χ0v) is 11.6. The number of nitrogens with zero attached hydrogens (tertiary/aromatic N) is 1. The van der Waals surface area contributed by atoms with Crippen LogP contribution in [-0.2, 0) is 0 Å². The fourth-order valence-corrected chi connectivity index (χ4v) is 3.61. The van der Waals surface area contributed by atoms with Crippen molar-refractivity contribution >= 4 is 5.69 Å². The molecule has 1 saturated heterocycles. The summed E-state index contributed by atoms with van der Waals surface area (Å²) in [6.45, 7) is 6.86. The van der Waals surface area contributed by atoms with Crippen LogP contribution in [-0.4, -0.2) is 24.7 Å². The van der Waals surface area contributed by atoms with Crippen molar-refractivity contribution in [2.45, 2.75) is 51.1 Å². The maximum absolute atomic E-state index is 3.82. The first-order valence-corrected chi connectivity index (χ1v) is 7.28. The van der Waals surface area contributed by atoms with E-state index in [1.54, 1.807) is 0 Å². The van der Waals surface area contributed by atoms with Crippen molar-refractivity contribution in [3.63, 3.8) is 0 Å². The van der Waals surface area contributed by atoms with Gasteiger partial charge in [0.1, 0.15) is 0 Å². The average Bonchev–Trinajstić information content (AvgIpc) is 2.82. The van der Waals surface area contributed by atoms with Gasteiger partial charge in [-0.3, -0.25) is 0 Å². The Morgan fingerprint density at radius 1 is 1.22 bits per heavy atom. The summed E-state index contributed by atoms with van der Waals surface area (Å²) in [5, 5.41) is 3.82. The molecule has 1 N–H and O–H groups in total. The summed E-state index contributed by atoms with van der Waals surface area (Å²) in [5.74, 6) is 0. The lowest BCUT2D eigenvalue weighted by atomic mass is 9.92. The van der Waals surface area contributed by atoms with Gasteiger partial charge in [0, 0.05) is 30.4 Å². The summed E-state index contributed by atoms with van der Waals surface area (Å²) >= 11 is 0. The van der Waals surface area contributed by atoms with Crippen molar-refractivity contribution in [3.8, 4) is 0 Å². The van der Waals surface area contributed by atoms with E-state index in [9.17, 15) is 0 Å². The summed E-state index contributed by atoms with van der Waals surface area (Å²) in [6, 6.07) is 9.40. The maximum atomic E-state index is 3.82. The van der Waals surface area contributed by atoms with Crippen LogP contribution in [0.15, 0.2) is 24.3 Å². The number of hydrogen-bond acceptors (Lipinski definition) is 2. The zero-order chi connectivity index (χ0) is 12.6. The summed E-state index contributed by atoms with van der Waals surface area (Å²) in [6.07, 6.45) is 5.48. The van der Waals surface area contributed by atoms with Gasteiger partial charge in [-0.15, -0.1) is 0 Å². The van der Waals surface area contributed by atoms with E-state index in [1.165, 1.54) is 43.5 Å². The number of para-hydroxylation sites is 1. The molecule has 1 aromatic carbocycles. The monoisotopic (exact) mass is 244 g/mol. The molecule has 18 heavy (non-hydrogen) atoms. The standard InChI is InChI=1S/C16H24N2/c1-13-7-3-4-8-15(13)18-12-16(9-5-6-10-16)17-11-14(18)2/h3-4,7-8,14,17H,5-6,9-12H2,1-2H3. The molecule has 1 aliphatic carbocycles. The Hall–Kier alpha value is -1.02. The van der Waals surface area contributed by atoms with Crippen LogP contribution < -0.4 is 10.2 Å². The Kier molecular flexibility index (Phi) is 3.06. The fourth-order valence-electron chi connectivity index (χ4n) is 3.61. The highest BCUT2D eigenvalue weighted by atomic mass is 15.3. The third-order valence-corrected chi connectivity index (χ3v) is 4.76. The second kappa shape index (κ2) is 4.58. The Bertz CT molecular complexity index is 421. The number of hydrogen-bond donors (Lipinski definition) is 1. The molecule has 2 aliphatic rings. The molecule has 1 aromatic rings. The molecule has 2 fully saturated rings. The topological polar surface area (TPSA) is 15.3 Å². The minimum absolute atomic E-state index is 0.398. The zero-order valence-electron chi connectivity index (χ0n) is 11.6. The highest BCUT2D eigenvalue weighted by molar-refractivity contribution is 5.54. The Labute approximate surface area is 110 Å². The molecule has 0 amide bonds. The van der Waals surface area contributed by atoms with Crippen molar-refractivity contribution < 1.29 is 0 Å². The van der Waals surface area contributed by atoms with Gasteiger partial charge in [-0.2, -0.15) is 0 Å². The molecule has 0 radical (unpaired) electrons. The molecule has 1 spiro atoms. The molecule has 98 valence electrons. The molecule has 1 heterocycles. The number of benzene rings is 1. The molecule has 1 saturated carbocycles. The molecule has 2 heteroatoms. The molecule has 1 aliphatic heterocycles. The predicted molar refractivity (Wildman–Crippen MR) is 77.2 cm³/mol. The van der Waals surface area contributed by atoms with Crippen LogP contribution in [0.1, 0.15) is 38.2 Å². The first-order chi connectivity index (χ1) is 8.70. The van der Waals surface area contributed by atoms with Crippen molar-refractivity contribution in [2.75, 3.05) is 18.0 Å². The Morgan fingerprint density at radius 3 is 2.67 bits per heavy atom. The van der Waals surface area contributed by atoms with Gasteiger partial charge >= 0.3 is 0 Å². The highest BCUT2D eigenvalue weighted by Crippen LogP contribution is 2.35. The van der Waals surface area contributed by atoms with Gasteiger partial charge in [0.15, 0.2) is 0 Å².